The molecule has 1 aromatic heterocycles. The van der Waals surface area contributed by atoms with Gasteiger partial charge in [0.15, 0.2) is 0 Å². The molecule has 0 saturated heterocycles. The van der Waals surface area contributed by atoms with E-state index in [1.165, 1.54) is 25.0 Å². The fourth-order valence-corrected chi connectivity index (χ4v) is 1.75. The van der Waals surface area contributed by atoms with Gasteiger partial charge in [0.25, 0.3) is 0 Å². The van der Waals surface area contributed by atoms with E-state index in [1.54, 1.807) is 0 Å². The van der Waals surface area contributed by atoms with E-state index >= 15 is 0 Å². The van der Waals surface area contributed by atoms with E-state index in [2.05, 4.69) is 35.6 Å². The van der Waals surface area contributed by atoms with Gasteiger partial charge < -0.3 is 9.88 Å². The molecular formula is C13H23N3. The quantitative estimate of drug-likeness (QED) is 0.800. The molecule has 1 aromatic rings. The number of aromatic nitrogens is 2. The predicted molar refractivity (Wildman–Crippen MR) is 66.2 cm³/mol. The highest BCUT2D eigenvalue weighted by molar-refractivity contribution is 5.00. The lowest BCUT2D eigenvalue weighted by Crippen LogP contribution is -2.23. The van der Waals surface area contributed by atoms with Crippen molar-refractivity contribution in [2.45, 2.75) is 59.2 Å². The molecule has 1 aliphatic carbocycles. The molecule has 90 valence electrons. The van der Waals surface area contributed by atoms with Crippen molar-refractivity contribution in [3.63, 3.8) is 0 Å². The van der Waals surface area contributed by atoms with Crippen LogP contribution in [-0.4, -0.2) is 15.6 Å². The molecule has 0 amide bonds. The summed E-state index contributed by atoms with van der Waals surface area (Å²) in [7, 11) is 0. The van der Waals surface area contributed by atoms with Crippen molar-refractivity contribution < 1.29 is 0 Å². The fraction of sp³-hybridized carbons (Fsp3) is 0.769. The van der Waals surface area contributed by atoms with Gasteiger partial charge in [0, 0.05) is 25.3 Å². The Hall–Kier alpha value is -0.830. The first-order chi connectivity index (χ1) is 7.61. The first-order valence-electron chi connectivity index (χ1n) is 6.33. The molecule has 0 radical (unpaired) electrons. The molecule has 0 atom stereocenters. The van der Waals surface area contributed by atoms with Crippen LogP contribution in [0.1, 0.15) is 45.7 Å². The smallest absolute Gasteiger partial charge is 0.0948 e. The number of hydrogen-bond donors (Lipinski definition) is 1. The van der Waals surface area contributed by atoms with Crippen molar-refractivity contribution >= 4 is 0 Å². The number of hydrogen-bond acceptors (Lipinski definition) is 2. The Morgan fingerprint density at radius 1 is 1.50 bits per heavy atom. The Bertz CT molecular complexity index is 337. The maximum absolute atomic E-state index is 4.26. The second-order valence-corrected chi connectivity index (χ2v) is 5.69. The van der Waals surface area contributed by atoms with Crippen molar-refractivity contribution in [1.29, 1.82) is 0 Å². The third-order valence-electron chi connectivity index (χ3n) is 3.50. The lowest BCUT2D eigenvalue weighted by atomic mass is 9.90. The van der Waals surface area contributed by atoms with Crippen molar-refractivity contribution in [2.24, 2.45) is 5.41 Å². The summed E-state index contributed by atoms with van der Waals surface area (Å²) in [6.45, 7) is 8.89. The molecule has 16 heavy (non-hydrogen) atoms. The number of nitrogens with zero attached hydrogens (tertiary/aromatic N) is 2. The van der Waals surface area contributed by atoms with Crippen molar-refractivity contribution in [1.82, 2.24) is 14.9 Å². The van der Waals surface area contributed by atoms with Gasteiger partial charge in [-0.05, 0) is 24.7 Å². The molecule has 1 aliphatic rings. The largest absolute Gasteiger partial charge is 0.333 e. The first kappa shape index (κ1) is 11.6. The highest BCUT2D eigenvalue weighted by Gasteiger charge is 2.21. The summed E-state index contributed by atoms with van der Waals surface area (Å²) in [5, 5.41) is 3.54. The van der Waals surface area contributed by atoms with Crippen LogP contribution in [0.4, 0.5) is 0 Å². The average molecular weight is 221 g/mol. The summed E-state index contributed by atoms with van der Waals surface area (Å²) in [5.74, 6) is 0. The third kappa shape index (κ3) is 3.08. The van der Waals surface area contributed by atoms with E-state index in [-0.39, 0.29) is 0 Å². The van der Waals surface area contributed by atoms with Crippen LogP contribution in [0.25, 0.3) is 0 Å². The zero-order valence-corrected chi connectivity index (χ0v) is 10.7. The number of rotatable bonds is 6. The minimum Gasteiger partial charge on any atom is -0.333 e. The summed E-state index contributed by atoms with van der Waals surface area (Å²) in [4.78, 5) is 4.26. The van der Waals surface area contributed by atoms with Crippen LogP contribution >= 0.6 is 0 Å². The van der Waals surface area contributed by atoms with Gasteiger partial charge in [-0.15, -0.1) is 0 Å². The molecule has 0 spiro atoms. The third-order valence-corrected chi connectivity index (χ3v) is 3.50. The number of nitrogens with one attached hydrogen (secondary N) is 1. The fourth-order valence-electron chi connectivity index (χ4n) is 1.75. The normalized spacial score (nSPS) is 16.7. The summed E-state index contributed by atoms with van der Waals surface area (Å²) in [6, 6.07) is 0.766. The maximum Gasteiger partial charge on any atom is 0.0948 e. The SMILES string of the molecule is CCC(C)(C)Cn1cncc1CNC1CC1. The van der Waals surface area contributed by atoms with Crippen LogP contribution in [0.15, 0.2) is 12.5 Å². The molecular weight excluding hydrogens is 198 g/mol. The molecule has 2 rings (SSSR count). The summed E-state index contributed by atoms with van der Waals surface area (Å²) >= 11 is 0. The molecule has 1 N–H and O–H groups in total. The van der Waals surface area contributed by atoms with Crippen LogP contribution in [0, 0.1) is 5.41 Å². The van der Waals surface area contributed by atoms with Gasteiger partial charge in [0.05, 0.1) is 12.0 Å². The summed E-state index contributed by atoms with van der Waals surface area (Å²) < 4.78 is 2.29. The highest BCUT2D eigenvalue weighted by atomic mass is 15.1. The van der Waals surface area contributed by atoms with Crippen LogP contribution in [0.3, 0.4) is 0 Å². The molecule has 1 fully saturated rings. The Morgan fingerprint density at radius 2 is 2.25 bits per heavy atom. The van der Waals surface area contributed by atoms with Gasteiger partial charge in [-0.3, -0.25) is 0 Å². The minimum atomic E-state index is 0.356. The predicted octanol–water partition coefficient (Wildman–Crippen LogP) is 2.57. The molecule has 0 bridgehead atoms. The van der Waals surface area contributed by atoms with Crippen molar-refractivity contribution in [3.8, 4) is 0 Å². The highest BCUT2D eigenvalue weighted by Crippen LogP contribution is 2.23. The monoisotopic (exact) mass is 221 g/mol. The molecule has 1 saturated carbocycles. The van der Waals surface area contributed by atoms with E-state index < -0.39 is 0 Å². The summed E-state index contributed by atoms with van der Waals surface area (Å²) in [6.07, 6.45) is 7.83. The van der Waals surface area contributed by atoms with Crippen LogP contribution in [0.2, 0.25) is 0 Å². The van der Waals surface area contributed by atoms with Crippen LogP contribution in [-0.2, 0) is 13.1 Å². The molecule has 3 nitrogen and oxygen atoms in total. The van der Waals surface area contributed by atoms with Gasteiger partial charge in [0.1, 0.15) is 0 Å². The van der Waals surface area contributed by atoms with Crippen molar-refractivity contribution in [2.75, 3.05) is 0 Å². The average Bonchev–Trinajstić information content (AvgIpc) is 2.98. The zero-order valence-electron chi connectivity index (χ0n) is 10.7. The lowest BCUT2D eigenvalue weighted by Gasteiger charge is -2.24. The Kier molecular flexibility index (Phi) is 3.33. The first-order valence-corrected chi connectivity index (χ1v) is 6.33. The summed E-state index contributed by atoms with van der Waals surface area (Å²) in [5.41, 5.74) is 1.67. The number of imidazole rings is 1. The Labute approximate surface area is 98.3 Å². The second kappa shape index (κ2) is 4.58. The zero-order chi connectivity index (χ0) is 11.6. The maximum atomic E-state index is 4.26. The Morgan fingerprint density at radius 3 is 2.88 bits per heavy atom. The van der Waals surface area contributed by atoms with Crippen LogP contribution < -0.4 is 5.32 Å². The lowest BCUT2D eigenvalue weighted by molar-refractivity contribution is 0.290. The molecule has 0 unspecified atom stereocenters. The van der Waals surface area contributed by atoms with Gasteiger partial charge in [-0.1, -0.05) is 20.8 Å². The van der Waals surface area contributed by atoms with E-state index in [9.17, 15) is 0 Å². The Balaban J connectivity index is 1.94. The van der Waals surface area contributed by atoms with Gasteiger partial charge in [0.2, 0.25) is 0 Å². The topological polar surface area (TPSA) is 29.9 Å². The van der Waals surface area contributed by atoms with Crippen LogP contribution in [0.5, 0.6) is 0 Å². The second-order valence-electron chi connectivity index (χ2n) is 5.69. The van der Waals surface area contributed by atoms with E-state index in [1.807, 2.05) is 12.5 Å². The van der Waals surface area contributed by atoms with Gasteiger partial charge in [-0.25, -0.2) is 4.98 Å². The van der Waals surface area contributed by atoms with Gasteiger partial charge in [-0.2, -0.15) is 0 Å². The molecule has 3 heteroatoms. The van der Waals surface area contributed by atoms with Gasteiger partial charge >= 0.3 is 0 Å². The van der Waals surface area contributed by atoms with E-state index in [4.69, 9.17) is 0 Å². The minimum absolute atomic E-state index is 0.356. The standard InChI is InChI=1S/C13H23N3/c1-4-13(2,3)9-16-10-14-7-12(16)8-15-11-5-6-11/h7,10-11,15H,4-6,8-9H2,1-3H3. The van der Waals surface area contributed by atoms with Crippen molar-refractivity contribution in [3.05, 3.63) is 18.2 Å². The van der Waals surface area contributed by atoms with E-state index in [0.717, 1.165) is 19.1 Å². The molecule has 1 heterocycles. The molecule has 0 aliphatic heterocycles. The molecule has 0 aromatic carbocycles. The van der Waals surface area contributed by atoms with E-state index in [0.29, 0.717) is 5.41 Å².